The van der Waals surface area contributed by atoms with Crippen LogP contribution >= 0.6 is 11.3 Å². The van der Waals surface area contributed by atoms with E-state index in [1.807, 2.05) is 13.8 Å². The van der Waals surface area contributed by atoms with E-state index in [9.17, 15) is 18.0 Å². The van der Waals surface area contributed by atoms with E-state index in [1.165, 1.54) is 7.05 Å². The number of nitrogens with zero attached hydrogens (tertiary/aromatic N) is 2. The van der Waals surface area contributed by atoms with Crippen molar-refractivity contribution < 1.29 is 18.0 Å². The molecule has 17 heavy (non-hydrogen) atoms. The summed E-state index contributed by atoms with van der Waals surface area (Å²) < 4.78 is 36.6. The van der Waals surface area contributed by atoms with Gasteiger partial charge in [0.05, 0.1) is 10.6 Å². The van der Waals surface area contributed by atoms with Crippen LogP contribution in [0.2, 0.25) is 0 Å². The number of carbonyl (C=O) groups is 1. The first-order valence-electron chi connectivity index (χ1n) is 4.98. The fourth-order valence-corrected chi connectivity index (χ4v) is 2.32. The summed E-state index contributed by atoms with van der Waals surface area (Å²) in [6, 6.07) is 0. The average Bonchev–Trinajstić information content (AvgIpc) is 2.58. The molecular formula is C10H13F3N2OS. The van der Waals surface area contributed by atoms with Crippen LogP contribution in [0.15, 0.2) is 0 Å². The van der Waals surface area contributed by atoms with Crippen molar-refractivity contribution in [3.8, 4) is 0 Å². The molecule has 0 aliphatic rings. The highest BCUT2D eigenvalue weighted by atomic mass is 32.1. The minimum Gasteiger partial charge on any atom is -0.342 e. The molecule has 1 heterocycles. The van der Waals surface area contributed by atoms with Crippen LogP contribution in [0.1, 0.15) is 35.1 Å². The summed E-state index contributed by atoms with van der Waals surface area (Å²) in [4.78, 5) is 16.3. The van der Waals surface area contributed by atoms with E-state index < -0.39 is 12.7 Å². The lowest BCUT2D eigenvalue weighted by molar-refractivity contribution is -0.119. The average molecular weight is 266 g/mol. The zero-order valence-electron chi connectivity index (χ0n) is 9.71. The van der Waals surface area contributed by atoms with Gasteiger partial charge in [0.2, 0.25) is 0 Å². The molecule has 0 radical (unpaired) electrons. The number of hydrogen-bond acceptors (Lipinski definition) is 4. The smallest absolute Gasteiger partial charge is 0.342 e. The lowest BCUT2D eigenvalue weighted by atomic mass is 10.1. The predicted molar refractivity (Wildman–Crippen MR) is 60.9 cm³/mol. The zero-order valence-corrected chi connectivity index (χ0v) is 10.5. The second kappa shape index (κ2) is 5.03. The number of aldehydes is 1. The first kappa shape index (κ1) is 14.0. The number of carbonyl (C=O) groups excluding carboxylic acids is 1. The van der Waals surface area contributed by atoms with Gasteiger partial charge in [0.25, 0.3) is 0 Å². The van der Waals surface area contributed by atoms with E-state index in [-0.39, 0.29) is 11.0 Å². The Balaban J connectivity index is 2.96. The molecule has 0 aliphatic carbocycles. The molecule has 0 bridgehead atoms. The quantitative estimate of drug-likeness (QED) is 0.785. The van der Waals surface area contributed by atoms with Crippen molar-refractivity contribution in [2.45, 2.75) is 25.9 Å². The molecule has 0 unspecified atom stereocenters. The van der Waals surface area contributed by atoms with Crippen molar-refractivity contribution in [2.75, 3.05) is 18.5 Å². The molecule has 0 amide bonds. The Morgan fingerprint density at radius 1 is 1.47 bits per heavy atom. The van der Waals surface area contributed by atoms with E-state index in [1.54, 1.807) is 0 Å². The number of alkyl halides is 3. The van der Waals surface area contributed by atoms with Crippen LogP contribution in [0.25, 0.3) is 0 Å². The maximum atomic E-state index is 12.2. The van der Waals surface area contributed by atoms with Crippen molar-refractivity contribution in [3.05, 3.63) is 10.6 Å². The van der Waals surface area contributed by atoms with E-state index in [0.29, 0.717) is 16.9 Å². The lowest BCUT2D eigenvalue weighted by Crippen LogP contribution is -2.30. The van der Waals surface area contributed by atoms with Gasteiger partial charge in [-0.15, -0.1) is 0 Å². The molecular weight excluding hydrogens is 253 g/mol. The topological polar surface area (TPSA) is 33.2 Å². The Labute approximate surface area is 101 Å². The van der Waals surface area contributed by atoms with Gasteiger partial charge in [0, 0.05) is 7.05 Å². The normalized spacial score (nSPS) is 11.9. The highest BCUT2D eigenvalue weighted by molar-refractivity contribution is 7.17. The van der Waals surface area contributed by atoms with Crippen LogP contribution in [0.5, 0.6) is 0 Å². The second-order valence-corrected chi connectivity index (χ2v) is 5.00. The van der Waals surface area contributed by atoms with Crippen LogP contribution in [0.3, 0.4) is 0 Å². The van der Waals surface area contributed by atoms with E-state index in [2.05, 4.69) is 4.98 Å². The third-order valence-electron chi connectivity index (χ3n) is 2.07. The van der Waals surface area contributed by atoms with Gasteiger partial charge in [0.15, 0.2) is 11.4 Å². The Kier molecular flexibility index (Phi) is 4.13. The zero-order chi connectivity index (χ0) is 13.2. The maximum absolute atomic E-state index is 12.2. The van der Waals surface area contributed by atoms with Crippen molar-refractivity contribution in [2.24, 2.45) is 0 Å². The van der Waals surface area contributed by atoms with Gasteiger partial charge in [-0.05, 0) is 5.92 Å². The molecule has 0 saturated carbocycles. The summed E-state index contributed by atoms with van der Waals surface area (Å²) in [5.41, 5.74) is 0.550. The summed E-state index contributed by atoms with van der Waals surface area (Å²) in [5.74, 6) is 0.0134. The Bertz CT molecular complexity index is 401. The second-order valence-electron chi connectivity index (χ2n) is 3.99. The van der Waals surface area contributed by atoms with Gasteiger partial charge >= 0.3 is 6.18 Å². The number of halogens is 3. The number of rotatable bonds is 4. The van der Waals surface area contributed by atoms with Crippen molar-refractivity contribution in [3.63, 3.8) is 0 Å². The minimum atomic E-state index is -4.28. The molecule has 0 atom stereocenters. The highest BCUT2D eigenvalue weighted by Gasteiger charge is 2.30. The van der Waals surface area contributed by atoms with Gasteiger partial charge < -0.3 is 4.90 Å². The van der Waals surface area contributed by atoms with Crippen molar-refractivity contribution in [1.29, 1.82) is 0 Å². The van der Waals surface area contributed by atoms with E-state index in [0.717, 1.165) is 16.2 Å². The molecule has 0 saturated heterocycles. The van der Waals surface area contributed by atoms with Gasteiger partial charge in [0.1, 0.15) is 6.54 Å². The molecule has 0 N–H and O–H groups in total. The molecule has 0 aromatic carbocycles. The SMILES string of the molecule is CC(C)c1nc(N(C)CC(F)(F)F)sc1C=O. The fourth-order valence-electron chi connectivity index (χ4n) is 1.33. The molecule has 96 valence electrons. The van der Waals surface area contributed by atoms with Crippen LogP contribution in [-0.4, -0.2) is 31.0 Å². The van der Waals surface area contributed by atoms with Crippen molar-refractivity contribution in [1.82, 2.24) is 4.98 Å². The van der Waals surface area contributed by atoms with E-state index >= 15 is 0 Å². The molecule has 0 aliphatic heterocycles. The number of aromatic nitrogens is 1. The molecule has 3 nitrogen and oxygen atoms in total. The van der Waals surface area contributed by atoms with Gasteiger partial charge in [-0.3, -0.25) is 4.79 Å². The third-order valence-corrected chi connectivity index (χ3v) is 3.18. The monoisotopic (exact) mass is 266 g/mol. The predicted octanol–water partition coefficient (Wildman–Crippen LogP) is 3.08. The Hall–Kier alpha value is -1.11. The Morgan fingerprint density at radius 3 is 2.41 bits per heavy atom. The van der Waals surface area contributed by atoms with Crippen LogP contribution in [-0.2, 0) is 0 Å². The first-order chi connectivity index (χ1) is 7.74. The summed E-state index contributed by atoms with van der Waals surface area (Å²) in [7, 11) is 1.31. The van der Waals surface area contributed by atoms with Crippen molar-refractivity contribution >= 4 is 22.8 Å². The minimum absolute atomic E-state index is 0.0134. The molecule has 1 aromatic heterocycles. The maximum Gasteiger partial charge on any atom is 0.405 e. The van der Waals surface area contributed by atoms with Crippen LogP contribution < -0.4 is 4.90 Å². The van der Waals surface area contributed by atoms with Gasteiger partial charge in [-0.1, -0.05) is 25.2 Å². The lowest BCUT2D eigenvalue weighted by Gasteiger charge is -2.17. The molecule has 0 fully saturated rings. The highest BCUT2D eigenvalue weighted by Crippen LogP contribution is 2.30. The summed E-state index contributed by atoms with van der Waals surface area (Å²) in [5, 5.41) is 0.216. The summed E-state index contributed by atoms with van der Waals surface area (Å²) >= 11 is 0.983. The molecule has 0 spiro atoms. The van der Waals surface area contributed by atoms with Crippen LogP contribution in [0, 0.1) is 0 Å². The first-order valence-corrected chi connectivity index (χ1v) is 5.80. The standard InChI is InChI=1S/C10H13F3N2OS/c1-6(2)8-7(4-16)17-9(14-8)15(3)5-10(11,12)13/h4,6H,5H2,1-3H3. The van der Waals surface area contributed by atoms with Gasteiger partial charge in [-0.25, -0.2) is 4.98 Å². The fraction of sp³-hybridized carbons (Fsp3) is 0.600. The summed E-state index contributed by atoms with van der Waals surface area (Å²) in [6.45, 7) is 2.61. The molecule has 1 aromatic rings. The number of thiazole rings is 1. The number of anilines is 1. The van der Waals surface area contributed by atoms with E-state index in [4.69, 9.17) is 0 Å². The molecule has 7 heteroatoms. The summed E-state index contributed by atoms with van der Waals surface area (Å²) in [6.07, 6.45) is -3.64. The molecule has 1 rings (SSSR count). The number of hydrogen-bond donors (Lipinski definition) is 0. The van der Waals surface area contributed by atoms with Crippen LogP contribution in [0.4, 0.5) is 18.3 Å². The Morgan fingerprint density at radius 2 is 2.06 bits per heavy atom. The third kappa shape index (κ3) is 3.69. The largest absolute Gasteiger partial charge is 0.405 e. The van der Waals surface area contributed by atoms with Gasteiger partial charge in [-0.2, -0.15) is 13.2 Å².